The average molecular weight is 558 g/mol. The monoisotopic (exact) mass is 557 g/mol. The minimum atomic E-state index is -0.541. The molecule has 0 aliphatic carbocycles. The highest BCUT2D eigenvalue weighted by Gasteiger charge is 2.29. The third-order valence-corrected chi connectivity index (χ3v) is 8.27. The van der Waals surface area contributed by atoms with Crippen LogP contribution < -0.4 is 24.5 Å². The van der Waals surface area contributed by atoms with Crippen molar-refractivity contribution in [1.82, 2.24) is 9.55 Å². The summed E-state index contributed by atoms with van der Waals surface area (Å²) in [6, 6.07) is 14.3. The van der Waals surface area contributed by atoms with Crippen LogP contribution in [0.15, 0.2) is 64.4 Å². The lowest BCUT2D eigenvalue weighted by Crippen LogP contribution is -2.28. The summed E-state index contributed by atoms with van der Waals surface area (Å²) in [5.41, 5.74) is 1.10. The topological polar surface area (TPSA) is 92.0 Å². The molecule has 0 bridgehead atoms. The molecule has 0 saturated heterocycles. The first-order chi connectivity index (χ1) is 18.4. The first-order valence-corrected chi connectivity index (χ1v) is 14.1. The Morgan fingerprint density at radius 2 is 1.71 bits per heavy atom. The van der Waals surface area contributed by atoms with Gasteiger partial charge < -0.3 is 24.1 Å². The van der Waals surface area contributed by atoms with Crippen molar-refractivity contribution in [3.8, 4) is 28.7 Å². The highest BCUT2D eigenvalue weighted by atomic mass is 35.5. The van der Waals surface area contributed by atoms with E-state index in [1.165, 1.54) is 0 Å². The Labute approximate surface area is 229 Å². The first-order valence-electron chi connectivity index (χ1n) is 11.9. The van der Waals surface area contributed by atoms with Gasteiger partial charge in [0.15, 0.2) is 17.2 Å². The number of aromatic nitrogens is 2. The second-order valence-electron chi connectivity index (χ2n) is 8.47. The molecule has 10 heteroatoms. The molecule has 4 aromatic rings. The van der Waals surface area contributed by atoms with E-state index in [1.807, 2.05) is 18.4 Å². The van der Waals surface area contributed by atoms with Crippen molar-refractivity contribution in [1.29, 1.82) is 0 Å². The van der Waals surface area contributed by atoms with Crippen LogP contribution in [0.1, 0.15) is 12.0 Å². The molecular weight excluding hydrogens is 528 g/mol. The van der Waals surface area contributed by atoms with Gasteiger partial charge in [0.05, 0.1) is 39.9 Å². The number of rotatable bonds is 11. The van der Waals surface area contributed by atoms with Gasteiger partial charge >= 0.3 is 5.56 Å². The second-order valence-corrected chi connectivity index (χ2v) is 11.0. The Balaban J connectivity index is 1.54. The zero-order valence-electron chi connectivity index (χ0n) is 21.7. The van der Waals surface area contributed by atoms with Crippen molar-refractivity contribution in [2.24, 2.45) is 0 Å². The summed E-state index contributed by atoms with van der Waals surface area (Å²) in [7, 11) is 4.11. The fourth-order valence-corrected chi connectivity index (χ4v) is 5.91. The lowest BCUT2D eigenvalue weighted by molar-refractivity contribution is 0.299. The fourth-order valence-electron chi connectivity index (χ4n) is 4.18. The summed E-state index contributed by atoms with van der Waals surface area (Å²) >= 11 is 6.03. The van der Waals surface area contributed by atoms with E-state index >= 15 is 0 Å². The highest BCUT2D eigenvalue weighted by molar-refractivity contribution is 7.96. The molecule has 0 amide bonds. The van der Waals surface area contributed by atoms with Crippen LogP contribution in [-0.2, 0) is 17.4 Å². The molecule has 4 rings (SSSR count). The molecule has 0 radical (unpaired) electrons. The third-order valence-electron chi connectivity index (χ3n) is 6.06. The van der Waals surface area contributed by atoms with Gasteiger partial charge in [-0.2, -0.15) is 0 Å². The second kappa shape index (κ2) is 12.3. The van der Waals surface area contributed by atoms with E-state index in [0.29, 0.717) is 69.3 Å². The molecule has 200 valence electrons. The number of hydrogen-bond donors (Lipinski definition) is 1. The van der Waals surface area contributed by atoms with Crippen LogP contribution in [0.2, 0.25) is 5.02 Å². The number of ether oxygens (including phenoxy) is 4. The van der Waals surface area contributed by atoms with Gasteiger partial charge in [0.2, 0.25) is 5.75 Å². The van der Waals surface area contributed by atoms with E-state index < -0.39 is 10.9 Å². The maximum absolute atomic E-state index is 13.6. The van der Waals surface area contributed by atoms with E-state index in [0.717, 1.165) is 5.56 Å². The molecule has 0 saturated carbocycles. The maximum atomic E-state index is 13.6. The summed E-state index contributed by atoms with van der Waals surface area (Å²) in [6.07, 6.45) is 4.24. The molecule has 38 heavy (non-hydrogen) atoms. The summed E-state index contributed by atoms with van der Waals surface area (Å²) in [6.45, 7) is 0.725. The number of nitrogens with zero attached hydrogens (tertiary/aromatic N) is 2. The molecule has 2 aromatic carbocycles. The van der Waals surface area contributed by atoms with E-state index in [1.54, 1.807) is 68.5 Å². The SMILES string of the molecule is COc1cc(OCCC[S+](C)c2c(O)c3cccnc3n(Cc3ccc(Cl)cc3)c2=O)cc(OC)c1OC. The van der Waals surface area contributed by atoms with Gasteiger partial charge in [-0.25, -0.2) is 4.98 Å². The number of halogens is 1. The summed E-state index contributed by atoms with van der Waals surface area (Å²) in [5.74, 6) is 2.73. The molecule has 1 N–H and O–H groups in total. The highest BCUT2D eigenvalue weighted by Crippen LogP contribution is 2.40. The van der Waals surface area contributed by atoms with Crippen molar-refractivity contribution in [2.75, 3.05) is 39.9 Å². The Kier molecular flexibility index (Phi) is 8.91. The molecule has 2 heterocycles. The fraction of sp³-hybridized carbons (Fsp3) is 0.286. The Bertz CT molecular complexity index is 1450. The van der Waals surface area contributed by atoms with Gasteiger partial charge in [-0.15, -0.1) is 0 Å². The normalized spacial score (nSPS) is 11.8. The van der Waals surface area contributed by atoms with Crippen molar-refractivity contribution in [2.45, 2.75) is 17.9 Å². The van der Waals surface area contributed by atoms with Crippen LogP contribution in [0.3, 0.4) is 0 Å². The van der Waals surface area contributed by atoms with Gasteiger partial charge in [0, 0.05) is 40.7 Å². The van der Waals surface area contributed by atoms with Crippen molar-refractivity contribution in [3.63, 3.8) is 0 Å². The van der Waals surface area contributed by atoms with Crippen LogP contribution in [-0.4, -0.2) is 54.6 Å². The van der Waals surface area contributed by atoms with Crippen molar-refractivity contribution < 1.29 is 24.1 Å². The van der Waals surface area contributed by atoms with Crippen LogP contribution in [0.25, 0.3) is 11.0 Å². The Hall–Kier alpha value is -3.56. The zero-order valence-corrected chi connectivity index (χ0v) is 23.3. The quantitative estimate of drug-likeness (QED) is 0.207. The molecular formula is C28H30ClN2O6S+. The number of methoxy groups -OCH3 is 3. The third kappa shape index (κ3) is 5.79. The van der Waals surface area contributed by atoms with Crippen molar-refractivity contribution >= 4 is 33.5 Å². The van der Waals surface area contributed by atoms with E-state index in [2.05, 4.69) is 4.98 Å². The molecule has 0 fully saturated rings. The molecule has 1 atom stereocenters. The molecule has 0 aliphatic heterocycles. The number of aromatic hydroxyl groups is 1. The van der Waals surface area contributed by atoms with Gasteiger partial charge in [-0.3, -0.25) is 9.36 Å². The standard InChI is InChI=1S/C28H29ClN2O6S/c1-34-22-15-20(16-23(35-2)25(22)36-3)37-13-6-14-38(4)26-24(32)21-7-5-12-30-27(21)31(28(26)33)17-18-8-10-19(29)11-9-18/h5,7-12,15-16H,6,13-14,17H2,1-4H3/p+1. The largest absolute Gasteiger partial charge is 0.503 e. The maximum Gasteiger partial charge on any atom is 0.311 e. The lowest BCUT2D eigenvalue weighted by atomic mass is 10.2. The minimum absolute atomic E-state index is 0.0122. The smallest absolute Gasteiger partial charge is 0.311 e. The number of benzene rings is 2. The Morgan fingerprint density at radius 1 is 1.03 bits per heavy atom. The number of hydrogen-bond acceptors (Lipinski definition) is 7. The predicted molar refractivity (Wildman–Crippen MR) is 151 cm³/mol. The first kappa shape index (κ1) is 27.5. The van der Waals surface area contributed by atoms with Crippen LogP contribution in [0.5, 0.6) is 28.7 Å². The predicted octanol–water partition coefficient (Wildman–Crippen LogP) is 4.91. The molecule has 0 spiro atoms. The van der Waals surface area contributed by atoms with Crippen LogP contribution >= 0.6 is 11.6 Å². The molecule has 1 unspecified atom stereocenters. The summed E-state index contributed by atoms with van der Waals surface area (Å²) in [4.78, 5) is 18.4. The summed E-state index contributed by atoms with van der Waals surface area (Å²) < 4.78 is 23.7. The van der Waals surface area contributed by atoms with E-state index in [-0.39, 0.29) is 11.3 Å². The molecule has 0 aliphatic rings. The average Bonchev–Trinajstić information content (AvgIpc) is 2.93. The number of pyridine rings is 2. The zero-order chi connectivity index (χ0) is 27.2. The molecule has 8 nitrogen and oxygen atoms in total. The minimum Gasteiger partial charge on any atom is -0.503 e. The molecule has 2 aromatic heterocycles. The van der Waals surface area contributed by atoms with Crippen LogP contribution in [0.4, 0.5) is 0 Å². The summed E-state index contributed by atoms with van der Waals surface area (Å²) in [5, 5.41) is 12.3. The van der Waals surface area contributed by atoms with Crippen LogP contribution in [0, 0.1) is 0 Å². The Morgan fingerprint density at radius 3 is 2.34 bits per heavy atom. The number of fused-ring (bicyclic) bond motifs is 1. The van der Waals surface area contributed by atoms with Gasteiger partial charge in [0.1, 0.15) is 23.4 Å². The van der Waals surface area contributed by atoms with Gasteiger partial charge in [0.25, 0.3) is 4.90 Å². The van der Waals surface area contributed by atoms with Gasteiger partial charge in [-0.05, 0) is 29.8 Å². The van der Waals surface area contributed by atoms with E-state index in [4.69, 9.17) is 30.5 Å². The van der Waals surface area contributed by atoms with Crippen molar-refractivity contribution in [3.05, 3.63) is 75.7 Å². The lowest BCUT2D eigenvalue weighted by Gasteiger charge is -2.15. The van der Waals surface area contributed by atoms with Gasteiger partial charge in [-0.1, -0.05) is 23.7 Å². The van der Waals surface area contributed by atoms with E-state index in [9.17, 15) is 9.90 Å².